The molecule has 3 aromatic rings. The average molecular weight is 414 g/mol. The Kier molecular flexibility index (Phi) is 4.75. The van der Waals surface area contributed by atoms with E-state index in [0.717, 1.165) is 5.56 Å². The number of carbonyl (C=O) groups excluding carboxylic acids is 2. The van der Waals surface area contributed by atoms with Crippen molar-refractivity contribution < 1.29 is 14.7 Å². The Hall–Kier alpha value is -3.58. The van der Waals surface area contributed by atoms with Crippen molar-refractivity contribution in [2.75, 3.05) is 19.7 Å². The molecule has 0 unspecified atom stereocenters. The van der Waals surface area contributed by atoms with Gasteiger partial charge >= 0.3 is 0 Å². The largest absolute Gasteiger partial charge is 0.394 e. The van der Waals surface area contributed by atoms with Crippen LogP contribution in [0.1, 0.15) is 32.2 Å². The molecule has 2 amide bonds. The maximum atomic E-state index is 13.4. The van der Waals surface area contributed by atoms with E-state index in [1.807, 2.05) is 30.3 Å². The summed E-state index contributed by atoms with van der Waals surface area (Å²) in [7, 11) is 0. The number of carbonyl (C=O) groups is 2. The minimum atomic E-state index is -0.556. The molecule has 0 aliphatic carbocycles. The van der Waals surface area contributed by atoms with Gasteiger partial charge in [-0.2, -0.15) is 0 Å². The van der Waals surface area contributed by atoms with E-state index >= 15 is 0 Å². The topological polar surface area (TPSA) is 86.6 Å². The fraction of sp³-hybridized carbons (Fsp3) is 0.250. The molecule has 4 heterocycles. The summed E-state index contributed by atoms with van der Waals surface area (Å²) >= 11 is 0. The van der Waals surface area contributed by atoms with Crippen LogP contribution in [-0.4, -0.2) is 68.0 Å². The Morgan fingerprint density at radius 3 is 2.06 bits per heavy atom. The van der Waals surface area contributed by atoms with Gasteiger partial charge in [-0.15, -0.1) is 0 Å². The third kappa shape index (κ3) is 3.00. The van der Waals surface area contributed by atoms with Crippen molar-refractivity contribution in [1.82, 2.24) is 19.8 Å². The van der Waals surface area contributed by atoms with Crippen LogP contribution in [-0.2, 0) is 0 Å². The molecule has 1 aromatic carbocycles. The van der Waals surface area contributed by atoms with Gasteiger partial charge in [-0.1, -0.05) is 30.3 Å². The van der Waals surface area contributed by atoms with Crippen LogP contribution >= 0.6 is 0 Å². The summed E-state index contributed by atoms with van der Waals surface area (Å²) in [6.45, 7) is 0.662. The summed E-state index contributed by atoms with van der Waals surface area (Å²) in [5.41, 5.74) is 1.51. The first-order valence-corrected chi connectivity index (χ1v) is 10.2. The van der Waals surface area contributed by atoms with Gasteiger partial charge in [0.1, 0.15) is 0 Å². The maximum Gasteiger partial charge on any atom is 0.256 e. The number of hydrogen-bond donors (Lipinski definition) is 1. The molecule has 1 N–H and O–H groups in total. The molecule has 156 valence electrons. The molecule has 2 aliphatic rings. The third-order valence-corrected chi connectivity index (χ3v) is 6.37. The van der Waals surface area contributed by atoms with Crippen LogP contribution < -0.4 is 0 Å². The van der Waals surface area contributed by atoms with Gasteiger partial charge in [0.05, 0.1) is 29.3 Å². The lowest BCUT2D eigenvalue weighted by Gasteiger charge is -2.70. The van der Waals surface area contributed by atoms with E-state index in [0.29, 0.717) is 24.2 Å². The lowest BCUT2D eigenvalue weighted by atomic mass is 9.60. The van der Waals surface area contributed by atoms with Gasteiger partial charge in [0.2, 0.25) is 0 Å². The van der Waals surface area contributed by atoms with E-state index in [9.17, 15) is 14.7 Å². The monoisotopic (exact) mass is 414 g/mol. The summed E-state index contributed by atoms with van der Waals surface area (Å²) in [4.78, 5) is 37.9. The molecule has 5 rings (SSSR count). The molecular weight excluding hydrogens is 392 g/mol. The number of amides is 2. The zero-order valence-corrected chi connectivity index (χ0v) is 16.8. The molecule has 2 saturated heterocycles. The van der Waals surface area contributed by atoms with Crippen molar-refractivity contribution in [1.29, 1.82) is 0 Å². The van der Waals surface area contributed by atoms with Crippen LogP contribution in [0.3, 0.4) is 0 Å². The highest BCUT2D eigenvalue weighted by Crippen LogP contribution is 2.54. The van der Waals surface area contributed by atoms with Crippen molar-refractivity contribution in [3.8, 4) is 0 Å². The van der Waals surface area contributed by atoms with Gasteiger partial charge in [-0.05, 0) is 29.8 Å². The number of aliphatic hydroxyl groups is 1. The number of nitrogens with zero attached hydrogens (tertiary/aromatic N) is 4. The lowest BCUT2D eigenvalue weighted by molar-refractivity contribution is -0.152. The summed E-state index contributed by atoms with van der Waals surface area (Å²) in [6, 6.07) is 16.5. The summed E-state index contributed by atoms with van der Waals surface area (Å²) < 4.78 is 0. The maximum absolute atomic E-state index is 13.4. The third-order valence-electron chi connectivity index (χ3n) is 6.37. The van der Waals surface area contributed by atoms with Gasteiger partial charge in [0, 0.05) is 43.8 Å². The molecule has 2 atom stereocenters. The molecule has 2 aliphatic heterocycles. The Bertz CT molecular complexity index is 1090. The molecule has 0 saturated carbocycles. The fourth-order valence-corrected chi connectivity index (χ4v) is 5.05. The van der Waals surface area contributed by atoms with E-state index < -0.39 is 5.54 Å². The number of benzene rings is 1. The van der Waals surface area contributed by atoms with Crippen molar-refractivity contribution in [2.24, 2.45) is 0 Å². The second-order valence-corrected chi connectivity index (χ2v) is 8.06. The number of rotatable bonds is 4. The number of likely N-dealkylation sites (tertiary alicyclic amines) is 2. The Balaban J connectivity index is 1.48. The highest BCUT2D eigenvalue weighted by molar-refractivity contribution is 5.98. The molecule has 7 nitrogen and oxygen atoms in total. The molecule has 2 fully saturated rings. The Morgan fingerprint density at radius 2 is 1.52 bits per heavy atom. The molecular formula is C24H22N4O3. The molecule has 1 spiro atoms. The first-order chi connectivity index (χ1) is 15.2. The van der Waals surface area contributed by atoms with Crippen LogP contribution in [0.5, 0.6) is 0 Å². The Labute approximate surface area is 180 Å². The summed E-state index contributed by atoms with van der Waals surface area (Å²) in [5.74, 6) is -0.336. The second kappa shape index (κ2) is 7.59. The van der Waals surface area contributed by atoms with Crippen LogP contribution in [0.25, 0.3) is 0 Å². The Morgan fingerprint density at radius 1 is 0.903 bits per heavy atom. The van der Waals surface area contributed by atoms with Crippen LogP contribution in [0.15, 0.2) is 79.4 Å². The van der Waals surface area contributed by atoms with E-state index in [2.05, 4.69) is 9.97 Å². The van der Waals surface area contributed by atoms with E-state index in [4.69, 9.17) is 0 Å². The van der Waals surface area contributed by atoms with Gasteiger partial charge < -0.3 is 14.9 Å². The van der Waals surface area contributed by atoms with Crippen molar-refractivity contribution in [3.05, 3.63) is 96.1 Å². The van der Waals surface area contributed by atoms with E-state index in [1.54, 1.807) is 52.7 Å². The molecule has 0 radical (unpaired) electrons. The summed E-state index contributed by atoms with van der Waals surface area (Å²) in [6.07, 6.45) is 6.35. The highest BCUT2D eigenvalue weighted by atomic mass is 16.3. The van der Waals surface area contributed by atoms with Gasteiger partial charge in [0.15, 0.2) is 0 Å². The van der Waals surface area contributed by atoms with Crippen LogP contribution in [0, 0.1) is 0 Å². The fourth-order valence-electron chi connectivity index (χ4n) is 5.05. The first-order valence-electron chi connectivity index (χ1n) is 10.2. The number of aliphatic hydroxyl groups excluding tert-OH is 1. The van der Waals surface area contributed by atoms with Crippen molar-refractivity contribution in [2.45, 2.75) is 17.5 Å². The molecule has 31 heavy (non-hydrogen) atoms. The van der Waals surface area contributed by atoms with Crippen molar-refractivity contribution in [3.63, 3.8) is 0 Å². The zero-order chi connectivity index (χ0) is 21.4. The van der Waals surface area contributed by atoms with Crippen LogP contribution in [0.4, 0.5) is 0 Å². The van der Waals surface area contributed by atoms with E-state index in [-0.39, 0.29) is 30.4 Å². The van der Waals surface area contributed by atoms with Crippen LogP contribution in [0.2, 0.25) is 0 Å². The zero-order valence-electron chi connectivity index (χ0n) is 16.8. The van der Waals surface area contributed by atoms with Gasteiger partial charge in [-0.3, -0.25) is 19.6 Å². The number of aromatic nitrogens is 2. The summed E-state index contributed by atoms with van der Waals surface area (Å²) in [5, 5.41) is 10.2. The first kappa shape index (κ1) is 19.4. The van der Waals surface area contributed by atoms with E-state index in [1.165, 1.54) is 6.20 Å². The minimum absolute atomic E-state index is 0.0581. The molecule has 2 aromatic heterocycles. The molecule has 0 bridgehead atoms. The second-order valence-electron chi connectivity index (χ2n) is 8.06. The SMILES string of the molecule is O=C(c1cccnc1)N1CC2(C1)[C@@H](c1ccccc1)[C@@H](CO)N2C(=O)c1cccnc1. The molecule has 7 heteroatoms. The minimum Gasteiger partial charge on any atom is -0.394 e. The standard InChI is InChI=1S/C24H22N4O3/c29-14-20-21(17-6-2-1-3-7-17)24(28(20)23(31)19-9-5-11-26-13-19)15-27(16-24)22(30)18-8-4-10-25-12-18/h1-13,20-21,29H,14-16H2/t20-,21+/m1/s1. The normalized spacial score (nSPS) is 21.3. The predicted molar refractivity (Wildman–Crippen MR) is 113 cm³/mol. The smallest absolute Gasteiger partial charge is 0.256 e. The average Bonchev–Trinajstić information content (AvgIpc) is 2.79. The van der Waals surface area contributed by atoms with Gasteiger partial charge in [0.25, 0.3) is 11.8 Å². The predicted octanol–water partition coefficient (Wildman–Crippen LogP) is 1.97. The lowest BCUT2D eigenvalue weighted by Crippen LogP contribution is -2.86. The highest BCUT2D eigenvalue weighted by Gasteiger charge is 2.68. The van der Waals surface area contributed by atoms with Crippen molar-refractivity contribution >= 4 is 11.8 Å². The van der Waals surface area contributed by atoms with Gasteiger partial charge in [-0.25, -0.2) is 0 Å². The number of pyridine rings is 2. The number of hydrogen-bond acceptors (Lipinski definition) is 5. The quantitative estimate of drug-likeness (QED) is 0.705.